The SMILES string of the molecule is CN(C)c1ccc(CNC(=O)[C@@H]2CCCN2)cc1. The van der Waals surface area contributed by atoms with E-state index in [0.717, 1.165) is 24.9 Å². The largest absolute Gasteiger partial charge is 0.378 e. The molecule has 1 heterocycles. The summed E-state index contributed by atoms with van der Waals surface area (Å²) in [5.74, 6) is 0.115. The Bertz CT molecular complexity index is 394. The Hall–Kier alpha value is -1.55. The molecule has 1 atom stereocenters. The molecule has 0 aliphatic carbocycles. The fraction of sp³-hybridized carbons (Fsp3) is 0.500. The molecule has 1 saturated heterocycles. The zero-order chi connectivity index (χ0) is 13.0. The summed E-state index contributed by atoms with van der Waals surface area (Å²) >= 11 is 0. The minimum atomic E-state index is 0.00560. The van der Waals surface area contributed by atoms with E-state index in [4.69, 9.17) is 0 Å². The molecule has 4 heteroatoms. The first-order chi connectivity index (χ1) is 8.66. The van der Waals surface area contributed by atoms with Gasteiger partial charge in [0.15, 0.2) is 0 Å². The third-order valence-corrected chi connectivity index (χ3v) is 3.30. The zero-order valence-corrected chi connectivity index (χ0v) is 11.1. The van der Waals surface area contributed by atoms with Gasteiger partial charge in [0.1, 0.15) is 0 Å². The number of benzene rings is 1. The van der Waals surface area contributed by atoms with E-state index < -0.39 is 0 Å². The molecule has 1 aromatic carbocycles. The van der Waals surface area contributed by atoms with Crippen molar-refractivity contribution in [3.63, 3.8) is 0 Å². The van der Waals surface area contributed by atoms with Gasteiger partial charge in [0.25, 0.3) is 0 Å². The van der Waals surface area contributed by atoms with E-state index in [2.05, 4.69) is 39.8 Å². The van der Waals surface area contributed by atoms with E-state index >= 15 is 0 Å². The topological polar surface area (TPSA) is 44.4 Å². The molecule has 0 saturated carbocycles. The van der Waals surface area contributed by atoms with Gasteiger partial charge in [-0.2, -0.15) is 0 Å². The van der Waals surface area contributed by atoms with Crippen LogP contribution in [0.25, 0.3) is 0 Å². The summed E-state index contributed by atoms with van der Waals surface area (Å²) < 4.78 is 0. The summed E-state index contributed by atoms with van der Waals surface area (Å²) in [5.41, 5.74) is 2.30. The highest BCUT2D eigenvalue weighted by Crippen LogP contribution is 2.12. The number of amides is 1. The van der Waals surface area contributed by atoms with Gasteiger partial charge < -0.3 is 15.5 Å². The normalized spacial score (nSPS) is 18.7. The highest BCUT2D eigenvalue weighted by Gasteiger charge is 2.21. The standard InChI is InChI=1S/C14H21N3O/c1-17(2)12-7-5-11(6-8-12)10-16-14(18)13-4-3-9-15-13/h5-8,13,15H,3-4,9-10H2,1-2H3,(H,16,18)/t13-/m0/s1. The maximum absolute atomic E-state index is 11.8. The molecule has 18 heavy (non-hydrogen) atoms. The molecule has 0 radical (unpaired) electrons. The van der Waals surface area contributed by atoms with Crippen molar-refractivity contribution in [2.75, 3.05) is 25.5 Å². The van der Waals surface area contributed by atoms with E-state index in [0.29, 0.717) is 6.54 Å². The van der Waals surface area contributed by atoms with E-state index in [1.54, 1.807) is 0 Å². The molecular weight excluding hydrogens is 226 g/mol. The van der Waals surface area contributed by atoms with Crippen molar-refractivity contribution in [3.8, 4) is 0 Å². The minimum absolute atomic E-state index is 0.00560. The first-order valence-corrected chi connectivity index (χ1v) is 6.44. The van der Waals surface area contributed by atoms with Crippen LogP contribution in [0.4, 0.5) is 5.69 Å². The molecule has 1 amide bonds. The number of nitrogens with one attached hydrogen (secondary N) is 2. The van der Waals surface area contributed by atoms with Crippen molar-refractivity contribution >= 4 is 11.6 Å². The monoisotopic (exact) mass is 247 g/mol. The average molecular weight is 247 g/mol. The quantitative estimate of drug-likeness (QED) is 0.838. The highest BCUT2D eigenvalue weighted by molar-refractivity contribution is 5.81. The molecule has 2 N–H and O–H groups in total. The second-order valence-electron chi connectivity index (χ2n) is 4.93. The van der Waals surface area contributed by atoms with Gasteiger partial charge in [-0.05, 0) is 37.1 Å². The Labute approximate surface area is 108 Å². The number of carbonyl (C=O) groups is 1. The van der Waals surface area contributed by atoms with Gasteiger partial charge in [-0.3, -0.25) is 4.79 Å². The lowest BCUT2D eigenvalue weighted by molar-refractivity contribution is -0.122. The molecule has 0 unspecified atom stereocenters. The Kier molecular flexibility index (Phi) is 4.20. The van der Waals surface area contributed by atoms with Crippen molar-refractivity contribution in [1.29, 1.82) is 0 Å². The second kappa shape index (κ2) is 5.87. The number of anilines is 1. The van der Waals surface area contributed by atoms with Crippen LogP contribution in [-0.2, 0) is 11.3 Å². The van der Waals surface area contributed by atoms with Crippen LogP contribution in [0.15, 0.2) is 24.3 Å². The van der Waals surface area contributed by atoms with Gasteiger partial charge >= 0.3 is 0 Å². The van der Waals surface area contributed by atoms with Gasteiger partial charge in [-0.1, -0.05) is 12.1 Å². The predicted molar refractivity (Wildman–Crippen MR) is 73.6 cm³/mol. The van der Waals surface area contributed by atoms with E-state index in [1.165, 1.54) is 5.69 Å². The molecule has 2 rings (SSSR count). The molecule has 1 aromatic rings. The maximum Gasteiger partial charge on any atom is 0.237 e. The Morgan fingerprint density at radius 1 is 1.39 bits per heavy atom. The van der Waals surface area contributed by atoms with Crippen LogP contribution in [-0.4, -0.2) is 32.6 Å². The predicted octanol–water partition coefficient (Wildman–Crippen LogP) is 1.12. The van der Waals surface area contributed by atoms with Gasteiger partial charge in [0.2, 0.25) is 5.91 Å². The first-order valence-electron chi connectivity index (χ1n) is 6.44. The van der Waals surface area contributed by atoms with E-state index in [-0.39, 0.29) is 11.9 Å². The average Bonchev–Trinajstić information content (AvgIpc) is 2.90. The van der Waals surface area contributed by atoms with Crippen molar-refractivity contribution in [2.24, 2.45) is 0 Å². The Morgan fingerprint density at radius 3 is 2.67 bits per heavy atom. The Morgan fingerprint density at radius 2 is 2.11 bits per heavy atom. The summed E-state index contributed by atoms with van der Waals surface area (Å²) in [4.78, 5) is 13.9. The van der Waals surface area contributed by atoms with Crippen LogP contribution < -0.4 is 15.5 Å². The summed E-state index contributed by atoms with van der Waals surface area (Å²) in [5, 5.41) is 6.17. The molecule has 1 aliphatic rings. The number of nitrogens with zero attached hydrogens (tertiary/aromatic N) is 1. The van der Waals surface area contributed by atoms with Crippen molar-refractivity contribution in [1.82, 2.24) is 10.6 Å². The minimum Gasteiger partial charge on any atom is -0.378 e. The molecule has 0 spiro atoms. The zero-order valence-electron chi connectivity index (χ0n) is 11.1. The molecule has 98 valence electrons. The van der Waals surface area contributed by atoms with Crippen molar-refractivity contribution in [3.05, 3.63) is 29.8 Å². The van der Waals surface area contributed by atoms with Crippen molar-refractivity contribution < 1.29 is 4.79 Å². The van der Waals surface area contributed by atoms with Crippen molar-refractivity contribution in [2.45, 2.75) is 25.4 Å². The fourth-order valence-electron chi connectivity index (χ4n) is 2.13. The smallest absolute Gasteiger partial charge is 0.237 e. The molecule has 1 fully saturated rings. The summed E-state index contributed by atoms with van der Waals surface area (Å²) in [6.07, 6.45) is 2.04. The third-order valence-electron chi connectivity index (χ3n) is 3.30. The summed E-state index contributed by atoms with van der Waals surface area (Å²) in [6, 6.07) is 8.24. The van der Waals surface area contributed by atoms with Gasteiger partial charge in [0, 0.05) is 26.3 Å². The van der Waals surface area contributed by atoms with Crippen LogP contribution >= 0.6 is 0 Å². The lowest BCUT2D eigenvalue weighted by Crippen LogP contribution is -2.39. The molecule has 4 nitrogen and oxygen atoms in total. The number of rotatable bonds is 4. The number of hydrogen-bond acceptors (Lipinski definition) is 3. The lowest BCUT2D eigenvalue weighted by atomic mass is 10.2. The lowest BCUT2D eigenvalue weighted by Gasteiger charge is -2.14. The number of carbonyl (C=O) groups excluding carboxylic acids is 1. The first kappa shape index (κ1) is 12.9. The van der Waals surface area contributed by atoms with Gasteiger partial charge in [-0.25, -0.2) is 0 Å². The molecule has 0 bridgehead atoms. The fourth-order valence-corrected chi connectivity index (χ4v) is 2.13. The number of hydrogen-bond donors (Lipinski definition) is 2. The van der Waals surface area contributed by atoms with Gasteiger partial charge in [-0.15, -0.1) is 0 Å². The van der Waals surface area contributed by atoms with Crippen LogP contribution in [0.1, 0.15) is 18.4 Å². The molecule has 0 aromatic heterocycles. The van der Waals surface area contributed by atoms with E-state index in [1.807, 2.05) is 14.1 Å². The summed E-state index contributed by atoms with van der Waals surface area (Å²) in [6.45, 7) is 1.56. The van der Waals surface area contributed by atoms with E-state index in [9.17, 15) is 4.79 Å². The van der Waals surface area contributed by atoms with Crippen LogP contribution in [0.2, 0.25) is 0 Å². The molecular formula is C14H21N3O. The summed E-state index contributed by atoms with van der Waals surface area (Å²) in [7, 11) is 4.03. The third kappa shape index (κ3) is 3.23. The molecule has 1 aliphatic heterocycles. The maximum atomic E-state index is 11.8. The van der Waals surface area contributed by atoms with Crippen LogP contribution in [0.5, 0.6) is 0 Å². The van der Waals surface area contributed by atoms with Gasteiger partial charge in [0.05, 0.1) is 6.04 Å². The van der Waals surface area contributed by atoms with Crippen LogP contribution in [0, 0.1) is 0 Å². The highest BCUT2D eigenvalue weighted by atomic mass is 16.2. The van der Waals surface area contributed by atoms with Crippen LogP contribution in [0.3, 0.4) is 0 Å². The Balaban J connectivity index is 1.84. The second-order valence-corrected chi connectivity index (χ2v) is 4.93.